The van der Waals surface area contributed by atoms with E-state index in [2.05, 4.69) is 98.1 Å². The van der Waals surface area contributed by atoms with Crippen molar-refractivity contribution in [3.8, 4) is 17.1 Å². The normalized spacial score (nSPS) is 12.2. The van der Waals surface area contributed by atoms with Gasteiger partial charge >= 0.3 is 0 Å². The van der Waals surface area contributed by atoms with Crippen LogP contribution in [0.1, 0.15) is 50.2 Å². The van der Waals surface area contributed by atoms with Crippen molar-refractivity contribution in [1.82, 2.24) is 9.55 Å². The van der Waals surface area contributed by atoms with Crippen molar-refractivity contribution in [2.75, 3.05) is 6.61 Å². The molecule has 0 fully saturated rings. The Kier molecular flexibility index (Phi) is 6.71. The number of fused-ring (bicyclic) bond motifs is 1. The van der Waals surface area contributed by atoms with Gasteiger partial charge in [-0.2, -0.15) is 0 Å². The van der Waals surface area contributed by atoms with Gasteiger partial charge in [0.1, 0.15) is 11.6 Å². The van der Waals surface area contributed by atoms with Gasteiger partial charge in [0, 0.05) is 12.1 Å². The third-order valence-electron chi connectivity index (χ3n) is 6.04. The van der Waals surface area contributed by atoms with Crippen LogP contribution in [0.15, 0.2) is 72.8 Å². The Morgan fingerprint density at radius 2 is 1.74 bits per heavy atom. The molecule has 1 unspecified atom stereocenters. The predicted octanol–water partition coefficient (Wildman–Crippen LogP) is 7.38. The van der Waals surface area contributed by atoms with Crippen LogP contribution < -0.4 is 4.74 Å². The molecular formula is C28H32N2O. The minimum atomic E-state index is 0.599. The van der Waals surface area contributed by atoms with Crippen LogP contribution in [0.5, 0.6) is 5.75 Å². The van der Waals surface area contributed by atoms with Crippen LogP contribution in [-0.4, -0.2) is 16.2 Å². The quantitative estimate of drug-likeness (QED) is 0.268. The summed E-state index contributed by atoms with van der Waals surface area (Å²) in [6.45, 7) is 8.28. The van der Waals surface area contributed by atoms with Crippen LogP contribution >= 0.6 is 0 Å². The van der Waals surface area contributed by atoms with Gasteiger partial charge in [-0.1, -0.05) is 61.9 Å². The van der Waals surface area contributed by atoms with Crippen LogP contribution in [0.2, 0.25) is 0 Å². The van der Waals surface area contributed by atoms with E-state index in [-0.39, 0.29) is 0 Å². The maximum atomic E-state index is 5.99. The molecule has 0 amide bonds. The zero-order chi connectivity index (χ0) is 21.6. The molecule has 1 atom stereocenters. The number of hydrogen-bond donors (Lipinski definition) is 0. The van der Waals surface area contributed by atoms with Gasteiger partial charge in [0.15, 0.2) is 0 Å². The highest BCUT2D eigenvalue weighted by Gasteiger charge is 2.12. The van der Waals surface area contributed by atoms with E-state index in [4.69, 9.17) is 9.72 Å². The summed E-state index contributed by atoms with van der Waals surface area (Å²) in [6.07, 6.45) is 3.21. The van der Waals surface area contributed by atoms with E-state index in [1.165, 1.54) is 22.2 Å². The Bertz CT molecular complexity index is 1130. The first-order valence-corrected chi connectivity index (χ1v) is 11.4. The molecule has 0 saturated carbocycles. The fourth-order valence-electron chi connectivity index (χ4n) is 4.00. The zero-order valence-electron chi connectivity index (χ0n) is 18.8. The van der Waals surface area contributed by atoms with Crippen LogP contribution in [0, 0.1) is 6.92 Å². The van der Waals surface area contributed by atoms with Crippen LogP contribution in [-0.2, 0) is 6.54 Å². The molecule has 0 bridgehead atoms. The van der Waals surface area contributed by atoms with Crippen molar-refractivity contribution < 1.29 is 4.74 Å². The van der Waals surface area contributed by atoms with Crippen molar-refractivity contribution in [2.45, 2.75) is 52.5 Å². The monoisotopic (exact) mass is 412 g/mol. The van der Waals surface area contributed by atoms with E-state index in [1.54, 1.807) is 0 Å². The highest BCUT2D eigenvalue weighted by molar-refractivity contribution is 5.80. The second kappa shape index (κ2) is 9.82. The van der Waals surface area contributed by atoms with Gasteiger partial charge in [0.2, 0.25) is 0 Å². The molecule has 0 aliphatic rings. The number of ether oxygens (including phenoxy) is 1. The van der Waals surface area contributed by atoms with Gasteiger partial charge < -0.3 is 9.30 Å². The van der Waals surface area contributed by atoms with Crippen molar-refractivity contribution in [1.29, 1.82) is 0 Å². The highest BCUT2D eigenvalue weighted by atomic mass is 16.5. The Morgan fingerprint density at radius 1 is 0.935 bits per heavy atom. The minimum Gasteiger partial charge on any atom is -0.494 e. The number of para-hydroxylation sites is 2. The van der Waals surface area contributed by atoms with Crippen molar-refractivity contribution in [3.63, 3.8) is 0 Å². The number of nitrogens with zero attached hydrogens (tertiary/aromatic N) is 2. The second-order valence-corrected chi connectivity index (χ2v) is 8.38. The molecule has 3 heteroatoms. The molecule has 0 radical (unpaired) electrons. The zero-order valence-corrected chi connectivity index (χ0v) is 18.8. The maximum Gasteiger partial charge on any atom is 0.141 e. The molecule has 4 rings (SSSR count). The smallest absolute Gasteiger partial charge is 0.141 e. The van der Waals surface area contributed by atoms with E-state index in [0.717, 1.165) is 49.5 Å². The number of imidazole rings is 1. The summed E-state index contributed by atoms with van der Waals surface area (Å²) >= 11 is 0. The fraction of sp³-hybridized carbons (Fsp3) is 0.321. The first-order valence-electron chi connectivity index (χ1n) is 11.4. The summed E-state index contributed by atoms with van der Waals surface area (Å²) in [5, 5.41) is 0. The van der Waals surface area contributed by atoms with Crippen molar-refractivity contribution >= 4 is 11.0 Å². The maximum absolute atomic E-state index is 5.99. The Balaban J connectivity index is 1.39. The summed E-state index contributed by atoms with van der Waals surface area (Å²) in [6, 6.07) is 25.6. The van der Waals surface area contributed by atoms with E-state index in [9.17, 15) is 0 Å². The summed E-state index contributed by atoms with van der Waals surface area (Å²) in [5.74, 6) is 2.61. The average Bonchev–Trinajstić information content (AvgIpc) is 3.17. The minimum absolute atomic E-state index is 0.599. The molecule has 0 aliphatic heterocycles. The molecular weight excluding hydrogens is 380 g/mol. The largest absolute Gasteiger partial charge is 0.494 e. The molecule has 3 aromatic carbocycles. The lowest BCUT2D eigenvalue weighted by atomic mass is 9.99. The van der Waals surface area contributed by atoms with E-state index in [1.807, 2.05) is 0 Å². The molecule has 1 aromatic heterocycles. The molecule has 3 nitrogen and oxygen atoms in total. The number of benzene rings is 3. The van der Waals surface area contributed by atoms with Crippen molar-refractivity contribution in [2.24, 2.45) is 0 Å². The topological polar surface area (TPSA) is 27.1 Å². The number of hydrogen-bond acceptors (Lipinski definition) is 2. The van der Waals surface area contributed by atoms with Crippen molar-refractivity contribution in [3.05, 3.63) is 83.9 Å². The number of aromatic nitrogens is 2. The van der Waals surface area contributed by atoms with Gasteiger partial charge in [-0.3, -0.25) is 0 Å². The number of unbranched alkanes of at least 4 members (excludes halogenated alkanes) is 1. The van der Waals surface area contributed by atoms with Crippen LogP contribution in [0.4, 0.5) is 0 Å². The Morgan fingerprint density at radius 3 is 2.52 bits per heavy atom. The fourth-order valence-corrected chi connectivity index (χ4v) is 4.00. The molecule has 4 aromatic rings. The molecule has 0 N–H and O–H groups in total. The first kappa shape index (κ1) is 21.2. The average molecular weight is 413 g/mol. The van der Waals surface area contributed by atoms with Crippen LogP contribution in [0.3, 0.4) is 0 Å². The van der Waals surface area contributed by atoms with Gasteiger partial charge in [-0.05, 0) is 68.0 Å². The van der Waals surface area contributed by atoms with Gasteiger partial charge in [-0.25, -0.2) is 4.98 Å². The lowest BCUT2D eigenvalue weighted by Gasteiger charge is -2.12. The molecule has 0 saturated heterocycles. The van der Waals surface area contributed by atoms with Gasteiger partial charge in [0.05, 0.1) is 17.6 Å². The molecule has 31 heavy (non-hydrogen) atoms. The second-order valence-electron chi connectivity index (χ2n) is 8.38. The van der Waals surface area contributed by atoms with E-state index >= 15 is 0 Å². The predicted molar refractivity (Wildman–Crippen MR) is 130 cm³/mol. The summed E-state index contributed by atoms with van der Waals surface area (Å²) in [4.78, 5) is 4.93. The standard InChI is InChI=1S/C28H32N2O/c1-4-22(3)23-14-16-25(17-15-23)31-19-8-7-18-30-27-13-6-5-12-26(27)29-28(30)24-11-9-10-21(2)20-24/h5-6,9-17,20,22H,4,7-8,18-19H2,1-3H3. The Hall–Kier alpha value is -3.07. The SMILES string of the molecule is CCC(C)c1ccc(OCCCCn2c(-c3cccc(C)c3)nc3ccccc32)cc1. The van der Waals surface area contributed by atoms with Gasteiger partial charge in [-0.15, -0.1) is 0 Å². The summed E-state index contributed by atoms with van der Waals surface area (Å²) in [7, 11) is 0. The molecule has 1 heterocycles. The number of aryl methyl sites for hydroxylation is 2. The summed E-state index contributed by atoms with van der Waals surface area (Å²) < 4.78 is 8.34. The lowest BCUT2D eigenvalue weighted by molar-refractivity contribution is 0.303. The third kappa shape index (κ3) is 4.99. The van der Waals surface area contributed by atoms with E-state index < -0.39 is 0 Å². The molecule has 0 aliphatic carbocycles. The highest BCUT2D eigenvalue weighted by Crippen LogP contribution is 2.26. The van der Waals surface area contributed by atoms with Crippen LogP contribution in [0.25, 0.3) is 22.4 Å². The molecule has 160 valence electrons. The lowest BCUT2D eigenvalue weighted by Crippen LogP contribution is -2.04. The number of rotatable bonds is 9. The van der Waals surface area contributed by atoms with Gasteiger partial charge in [0.25, 0.3) is 0 Å². The Labute approximate surface area is 185 Å². The third-order valence-corrected chi connectivity index (χ3v) is 6.04. The first-order chi connectivity index (χ1) is 15.2. The summed E-state index contributed by atoms with van der Waals surface area (Å²) in [5.41, 5.74) is 6.06. The molecule has 0 spiro atoms. The van der Waals surface area contributed by atoms with E-state index in [0.29, 0.717) is 5.92 Å².